The van der Waals surface area contributed by atoms with E-state index in [0.717, 1.165) is 0 Å². The lowest BCUT2D eigenvalue weighted by atomic mass is 9.94. The minimum absolute atomic E-state index is 0.00688. The van der Waals surface area contributed by atoms with Gasteiger partial charge in [-0.1, -0.05) is 18.5 Å². The standard InChI is InChI=1S/C22H20ClF2N5O2/c1-10(9-32-2)17-20(25)19(23)18(13-6-26-29-21(13)17)11-3-4-16-27-15(8-30(16)7-11)28-22(31)12-5-14(12)24/h3-4,6-8,10,12,14H,5,9H2,1-2H3,(H,26,29)(H,28,31)/t10-,12-,14+/m1/s1. The van der Waals surface area contributed by atoms with Crippen molar-refractivity contribution in [2.75, 3.05) is 19.0 Å². The van der Waals surface area contributed by atoms with Crippen LogP contribution in [0.1, 0.15) is 24.8 Å². The summed E-state index contributed by atoms with van der Waals surface area (Å²) in [5.41, 5.74) is 2.71. The number of aromatic amines is 1. The van der Waals surface area contributed by atoms with Gasteiger partial charge in [-0.2, -0.15) is 5.10 Å². The molecule has 32 heavy (non-hydrogen) atoms. The van der Waals surface area contributed by atoms with Crippen molar-refractivity contribution in [3.63, 3.8) is 0 Å². The molecule has 10 heteroatoms. The second-order valence-electron chi connectivity index (χ2n) is 8.09. The van der Waals surface area contributed by atoms with Crippen LogP contribution in [-0.4, -0.2) is 45.4 Å². The molecule has 2 N–H and O–H groups in total. The highest BCUT2D eigenvalue weighted by atomic mass is 35.5. The molecule has 0 aliphatic heterocycles. The molecule has 166 valence electrons. The predicted octanol–water partition coefficient (Wildman–Crippen LogP) is 4.72. The summed E-state index contributed by atoms with van der Waals surface area (Å²) in [5.74, 6) is -1.42. The molecule has 0 unspecified atom stereocenters. The van der Waals surface area contributed by atoms with Gasteiger partial charge in [-0.25, -0.2) is 13.8 Å². The number of ether oxygens (including phenoxy) is 1. The zero-order valence-electron chi connectivity index (χ0n) is 17.3. The number of hydrogen-bond acceptors (Lipinski definition) is 4. The number of nitrogens with zero attached hydrogens (tertiary/aromatic N) is 3. The molecule has 3 aromatic heterocycles. The summed E-state index contributed by atoms with van der Waals surface area (Å²) < 4.78 is 35.4. The van der Waals surface area contributed by atoms with Gasteiger partial charge in [0.15, 0.2) is 5.82 Å². The molecular formula is C22H20ClF2N5O2. The van der Waals surface area contributed by atoms with Crippen molar-refractivity contribution in [1.29, 1.82) is 0 Å². The van der Waals surface area contributed by atoms with Crippen LogP contribution in [0, 0.1) is 11.7 Å². The first kappa shape index (κ1) is 20.8. The van der Waals surface area contributed by atoms with Crippen molar-refractivity contribution in [1.82, 2.24) is 19.6 Å². The molecule has 4 aromatic rings. The lowest BCUT2D eigenvalue weighted by molar-refractivity contribution is -0.117. The van der Waals surface area contributed by atoms with E-state index in [1.165, 1.54) is 0 Å². The van der Waals surface area contributed by atoms with Crippen LogP contribution >= 0.6 is 11.6 Å². The number of imidazole rings is 1. The van der Waals surface area contributed by atoms with E-state index in [9.17, 15) is 9.18 Å². The number of aromatic nitrogens is 4. The Labute approximate surface area is 186 Å². The van der Waals surface area contributed by atoms with Crippen LogP contribution in [-0.2, 0) is 9.53 Å². The van der Waals surface area contributed by atoms with E-state index in [1.807, 2.05) is 6.92 Å². The van der Waals surface area contributed by atoms with E-state index >= 15 is 4.39 Å². The molecule has 1 aliphatic carbocycles. The second-order valence-corrected chi connectivity index (χ2v) is 8.47. The van der Waals surface area contributed by atoms with Crippen LogP contribution in [0.4, 0.5) is 14.6 Å². The normalized spacial score (nSPS) is 18.9. The van der Waals surface area contributed by atoms with Gasteiger partial charge in [0, 0.05) is 41.3 Å². The lowest BCUT2D eigenvalue weighted by Crippen LogP contribution is -2.15. The number of anilines is 1. The van der Waals surface area contributed by atoms with Crippen molar-refractivity contribution in [2.45, 2.75) is 25.4 Å². The number of nitrogens with one attached hydrogen (secondary N) is 2. The molecule has 0 bridgehead atoms. The first-order valence-corrected chi connectivity index (χ1v) is 10.5. The van der Waals surface area contributed by atoms with Crippen molar-refractivity contribution in [2.24, 2.45) is 5.92 Å². The Morgan fingerprint density at radius 2 is 2.22 bits per heavy atom. The van der Waals surface area contributed by atoms with Gasteiger partial charge in [-0.15, -0.1) is 0 Å². The number of alkyl halides is 1. The monoisotopic (exact) mass is 459 g/mol. The summed E-state index contributed by atoms with van der Waals surface area (Å²) in [6.45, 7) is 2.19. The van der Waals surface area contributed by atoms with E-state index in [1.54, 1.807) is 42.2 Å². The highest BCUT2D eigenvalue weighted by Crippen LogP contribution is 2.41. The fourth-order valence-corrected chi connectivity index (χ4v) is 4.38. The molecular weight excluding hydrogens is 440 g/mol. The summed E-state index contributed by atoms with van der Waals surface area (Å²) in [6.07, 6.45) is 4.15. The maximum Gasteiger partial charge on any atom is 0.231 e. The third-order valence-corrected chi connectivity index (χ3v) is 6.13. The fraction of sp³-hybridized carbons (Fsp3) is 0.318. The van der Waals surface area contributed by atoms with Gasteiger partial charge in [0.2, 0.25) is 5.91 Å². The van der Waals surface area contributed by atoms with Crippen molar-refractivity contribution < 1.29 is 18.3 Å². The lowest BCUT2D eigenvalue weighted by Gasteiger charge is -2.17. The maximum atomic E-state index is 15.4. The summed E-state index contributed by atoms with van der Waals surface area (Å²) in [6, 6.07) is 3.51. The molecule has 1 fully saturated rings. The minimum Gasteiger partial charge on any atom is -0.384 e. The molecule has 0 saturated heterocycles. The molecule has 3 atom stereocenters. The molecule has 1 aromatic carbocycles. The van der Waals surface area contributed by atoms with E-state index in [0.29, 0.717) is 45.7 Å². The number of rotatable bonds is 6. The zero-order valence-corrected chi connectivity index (χ0v) is 18.1. The Kier molecular flexibility index (Phi) is 5.10. The largest absolute Gasteiger partial charge is 0.384 e. The Morgan fingerprint density at radius 3 is 2.94 bits per heavy atom. The molecule has 3 heterocycles. The van der Waals surface area contributed by atoms with E-state index in [-0.39, 0.29) is 23.3 Å². The average Bonchev–Trinajstić information content (AvgIpc) is 3.12. The Morgan fingerprint density at radius 1 is 1.44 bits per heavy atom. The molecule has 0 spiro atoms. The van der Waals surface area contributed by atoms with E-state index in [4.69, 9.17) is 16.3 Å². The summed E-state index contributed by atoms with van der Waals surface area (Å²) in [4.78, 5) is 16.3. The smallest absolute Gasteiger partial charge is 0.231 e. The molecule has 1 amide bonds. The number of amides is 1. The van der Waals surface area contributed by atoms with Crippen molar-refractivity contribution in [3.05, 3.63) is 47.1 Å². The SMILES string of the molecule is COC[C@@H](C)c1c(F)c(Cl)c(-c2ccc3nc(NC(=O)[C@@H]4C[C@@H]4F)cn3c2)c2cn[nH]c12. The molecule has 5 rings (SSSR count). The Hall–Kier alpha value is -3.04. The fourth-order valence-electron chi connectivity index (χ4n) is 4.07. The third kappa shape index (κ3) is 3.41. The zero-order chi connectivity index (χ0) is 22.6. The van der Waals surface area contributed by atoms with Gasteiger partial charge in [-0.3, -0.25) is 9.89 Å². The minimum atomic E-state index is -1.08. The van der Waals surface area contributed by atoms with E-state index < -0.39 is 17.9 Å². The first-order chi connectivity index (χ1) is 15.4. The number of H-pyrrole nitrogens is 1. The molecule has 1 aliphatic rings. The van der Waals surface area contributed by atoms with Crippen LogP contribution in [0.25, 0.3) is 27.7 Å². The quantitative estimate of drug-likeness (QED) is 0.437. The highest BCUT2D eigenvalue weighted by Gasteiger charge is 2.43. The first-order valence-electron chi connectivity index (χ1n) is 10.2. The number of carbonyl (C=O) groups excluding carboxylic acids is 1. The number of methoxy groups -OCH3 is 1. The number of fused-ring (bicyclic) bond motifs is 2. The molecule has 1 saturated carbocycles. The van der Waals surface area contributed by atoms with Crippen molar-refractivity contribution >= 4 is 39.9 Å². The van der Waals surface area contributed by atoms with E-state index in [2.05, 4.69) is 20.5 Å². The van der Waals surface area contributed by atoms with Crippen LogP contribution in [0.5, 0.6) is 0 Å². The van der Waals surface area contributed by atoms with Crippen LogP contribution in [0.3, 0.4) is 0 Å². The predicted molar refractivity (Wildman–Crippen MR) is 117 cm³/mol. The Bertz CT molecular complexity index is 1350. The number of halogens is 3. The number of hydrogen-bond donors (Lipinski definition) is 2. The van der Waals surface area contributed by atoms with Gasteiger partial charge < -0.3 is 14.5 Å². The third-order valence-electron chi connectivity index (χ3n) is 5.78. The van der Waals surface area contributed by atoms with Crippen molar-refractivity contribution in [3.8, 4) is 11.1 Å². The summed E-state index contributed by atoms with van der Waals surface area (Å²) in [5, 5.41) is 10.3. The van der Waals surface area contributed by atoms with Gasteiger partial charge in [0.1, 0.15) is 17.6 Å². The van der Waals surface area contributed by atoms with Gasteiger partial charge in [-0.05, 0) is 18.6 Å². The van der Waals surface area contributed by atoms with Crippen LogP contribution in [0.2, 0.25) is 5.02 Å². The maximum absolute atomic E-state index is 15.4. The average molecular weight is 460 g/mol. The summed E-state index contributed by atoms with van der Waals surface area (Å²) >= 11 is 6.52. The van der Waals surface area contributed by atoms with Gasteiger partial charge in [0.25, 0.3) is 0 Å². The van der Waals surface area contributed by atoms with Crippen LogP contribution < -0.4 is 5.32 Å². The second kappa shape index (κ2) is 7.83. The van der Waals surface area contributed by atoms with Crippen LogP contribution in [0.15, 0.2) is 30.7 Å². The van der Waals surface area contributed by atoms with Gasteiger partial charge >= 0.3 is 0 Å². The number of benzene rings is 1. The highest BCUT2D eigenvalue weighted by molar-refractivity contribution is 6.35. The number of carbonyl (C=O) groups is 1. The molecule has 0 radical (unpaired) electrons. The Balaban J connectivity index is 1.57. The van der Waals surface area contributed by atoms with Gasteiger partial charge in [0.05, 0.1) is 35.5 Å². The molecule has 7 nitrogen and oxygen atoms in total. The summed E-state index contributed by atoms with van der Waals surface area (Å²) in [7, 11) is 1.56. The topological polar surface area (TPSA) is 84.3 Å². The number of pyridine rings is 1.